The fourth-order valence-electron chi connectivity index (χ4n) is 4.13. The second-order valence-corrected chi connectivity index (χ2v) is 8.22. The van der Waals surface area contributed by atoms with Gasteiger partial charge in [-0.05, 0) is 35.4 Å². The van der Waals surface area contributed by atoms with Gasteiger partial charge in [0.25, 0.3) is 0 Å². The number of allylic oxidation sites excluding steroid dienone is 2. The molecule has 2 heterocycles. The van der Waals surface area contributed by atoms with E-state index in [1.54, 1.807) is 28.9 Å². The molecule has 0 fully saturated rings. The number of rotatable bonds is 4. The van der Waals surface area contributed by atoms with Gasteiger partial charge in [0, 0.05) is 34.4 Å². The van der Waals surface area contributed by atoms with Gasteiger partial charge < -0.3 is 14.6 Å². The van der Waals surface area contributed by atoms with Gasteiger partial charge in [0.05, 0.1) is 0 Å². The van der Waals surface area contributed by atoms with Crippen molar-refractivity contribution in [2.75, 3.05) is 6.79 Å². The third kappa shape index (κ3) is 3.54. The summed E-state index contributed by atoms with van der Waals surface area (Å²) in [5, 5.41) is 16.4. The number of benzene rings is 2. The van der Waals surface area contributed by atoms with E-state index in [0.29, 0.717) is 27.1 Å². The Labute approximate surface area is 187 Å². The maximum Gasteiger partial charge on any atom is 0.231 e. The van der Waals surface area contributed by atoms with Crippen molar-refractivity contribution < 1.29 is 19.4 Å². The van der Waals surface area contributed by atoms with Crippen LogP contribution in [0.25, 0.3) is 0 Å². The maximum absolute atomic E-state index is 13.2. The molecule has 5 rings (SSSR count). The Bertz CT molecular complexity index is 1170. The average Bonchev–Trinajstić information content (AvgIpc) is 3.44. The Hall–Kier alpha value is -3.03. The van der Waals surface area contributed by atoms with Crippen molar-refractivity contribution in [1.29, 1.82) is 0 Å². The number of ketones is 1. The van der Waals surface area contributed by atoms with E-state index in [2.05, 4.69) is 10.1 Å². The molecule has 1 aliphatic carbocycles. The fourth-order valence-corrected chi connectivity index (χ4v) is 4.66. The van der Waals surface area contributed by atoms with Gasteiger partial charge in [0.15, 0.2) is 17.3 Å². The number of carbonyl (C=O) groups is 1. The largest absolute Gasteiger partial charge is 0.510 e. The second-order valence-electron chi connectivity index (χ2n) is 7.41. The predicted molar refractivity (Wildman–Crippen MR) is 114 cm³/mol. The van der Waals surface area contributed by atoms with Gasteiger partial charge in [-0.2, -0.15) is 5.10 Å². The highest BCUT2D eigenvalue weighted by molar-refractivity contribution is 6.36. The molecule has 1 aromatic heterocycles. The molecule has 9 heteroatoms. The number of hydrogen-bond donors (Lipinski definition) is 1. The van der Waals surface area contributed by atoms with Crippen LogP contribution in [0.1, 0.15) is 29.5 Å². The van der Waals surface area contributed by atoms with E-state index in [-0.39, 0.29) is 42.7 Å². The van der Waals surface area contributed by atoms with Crippen LogP contribution in [0.2, 0.25) is 10.0 Å². The van der Waals surface area contributed by atoms with Crippen LogP contribution in [0.3, 0.4) is 0 Å². The highest BCUT2D eigenvalue weighted by Gasteiger charge is 2.39. The van der Waals surface area contributed by atoms with Gasteiger partial charge in [0.2, 0.25) is 6.79 Å². The number of nitrogens with zero attached hydrogens (tertiary/aromatic N) is 3. The van der Waals surface area contributed by atoms with Crippen molar-refractivity contribution in [2.24, 2.45) is 0 Å². The number of ether oxygens (including phenoxy) is 2. The van der Waals surface area contributed by atoms with Crippen LogP contribution in [0.15, 0.2) is 60.4 Å². The Balaban J connectivity index is 1.59. The number of halogens is 2. The normalized spacial score (nSPS) is 20.4. The molecule has 0 bridgehead atoms. The fraction of sp³-hybridized carbons (Fsp3) is 0.227. The van der Waals surface area contributed by atoms with E-state index in [9.17, 15) is 9.90 Å². The molecule has 0 amide bonds. The molecule has 1 aliphatic heterocycles. The molecule has 1 N–H and O–H groups in total. The van der Waals surface area contributed by atoms with E-state index in [0.717, 1.165) is 5.56 Å². The van der Waals surface area contributed by atoms with E-state index >= 15 is 0 Å². The summed E-state index contributed by atoms with van der Waals surface area (Å²) in [6.45, 7) is 0.156. The Morgan fingerprint density at radius 2 is 1.90 bits per heavy atom. The van der Waals surface area contributed by atoms with Crippen LogP contribution in [-0.2, 0) is 11.2 Å². The molecular formula is C22H17Cl2N3O4. The third-order valence-corrected chi connectivity index (χ3v) is 6.38. The first-order valence-electron chi connectivity index (χ1n) is 9.64. The summed E-state index contributed by atoms with van der Waals surface area (Å²) < 4.78 is 12.4. The van der Waals surface area contributed by atoms with Gasteiger partial charge in [-0.1, -0.05) is 35.3 Å². The SMILES string of the molecule is O=C1C[C@@H](c2ccc3c(c2)OCO3)[C@@H](n2cncn2)C(O)=C1Cc1c(Cl)cccc1Cl. The van der Waals surface area contributed by atoms with Crippen LogP contribution in [0, 0.1) is 0 Å². The summed E-state index contributed by atoms with van der Waals surface area (Å²) in [5.41, 5.74) is 1.70. The Morgan fingerprint density at radius 3 is 2.65 bits per heavy atom. The molecule has 2 aliphatic rings. The third-order valence-electron chi connectivity index (χ3n) is 5.67. The smallest absolute Gasteiger partial charge is 0.231 e. The van der Waals surface area contributed by atoms with Gasteiger partial charge >= 0.3 is 0 Å². The van der Waals surface area contributed by atoms with Crippen molar-refractivity contribution >= 4 is 29.0 Å². The van der Waals surface area contributed by atoms with Gasteiger partial charge in [-0.25, -0.2) is 9.67 Å². The average molecular weight is 458 g/mol. The zero-order chi connectivity index (χ0) is 21.5. The zero-order valence-electron chi connectivity index (χ0n) is 16.2. The van der Waals surface area contributed by atoms with Crippen molar-refractivity contribution in [3.05, 3.63) is 81.6 Å². The number of hydrogen-bond acceptors (Lipinski definition) is 6. The molecule has 3 aromatic rings. The lowest BCUT2D eigenvalue weighted by Gasteiger charge is -2.32. The molecule has 0 radical (unpaired) electrons. The topological polar surface area (TPSA) is 86.5 Å². The highest BCUT2D eigenvalue weighted by Crippen LogP contribution is 2.45. The predicted octanol–water partition coefficient (Wildman–Crippen LogP) is 4.67. The summed E-state index contributed by atoms with van der Waals surface area (Å²) in [7, 11) is 0. The zero-order valence-corrected chi connectivity index (χ0v) is 17.7. The lowest BCUT2D eigenvalue weighted by molar-refractivity contribution is -0.117. The Morgan fingerprint density at radius 1 is 1.13 bits per heavy atom. The summed E-state index contributed by atoms with van der Waals surface area (Å²) in [6.07, 6.45) is 3.22. The van der Waals surface area contributed by atoms with Crippen LogP contribution in [0.4, 0.5) is 0 Å². The molecule has 0 saturated heterocycles. The number of carbonyl (C=O) groups excluding carboxylic acids is 1. The minimum atomic E-state index is -0.614. The standard InChI is InChI=1S/C22H17Cl2N3O4/c23-16-2-1-3-17(24)14(16)7-15-18(28)8-13(21(22(15)29)27-10-25-9-26-27)12-4-5-19-20(6-12)31-11-30-19/h1-6,9-10,13,21,29H,7-8,11H2/t13-,21+/m0/s1. The van der Waals surface area contributed by atoms with Crippen molar-refractivity contribution in [3.63, 3.8) is 0 Å². The first-order chi connectivity index (χ1) is 15.0. The van der Waals surface area contributed by atoms with Crippen LogP contribution in [-0.4, -0.2) is 32.4 Å². The summed E-state index contributed by atoms with van der Waals surface area (Å²) in [4.78, 5) is 17.2. The van der Waals surface area contributed by atoms with Gasteiger partial charge in [0.1, 0.15) is 24.5 Å². The lowest BCUT2D eigenvalue weighted by Crippen LogP contribution is -2.30. The van der Waals surface area contributed by atoms with Crippen molar-refractivity contribution in [3.8, 4) is 11.5 Å². The quantitative estimate of drug-likeness (QED) is 0.612. The number of fused-ring (bicyclic) bond motifs is 1. The highest BCUT2D eigenvalue weighted by atomic mass is 35.5. The molecule has 0 saturated carbocycles. The summed E-state index contributed by atoms with van der Waals surface area (Å²) in [6, 6.07) is 10.1. The number of Topliss-reactive ketones (excluding diaryl/α,β-unsaturated/α-hetero) is 1. The number of aliphatic hydroxyl groups is 1. The molecule has 158 valence electrons. The molecule has 0 spiro atoms. The molecule has 0 unspecified atom stereocenters. The molecule has 2 atom stereocenters. The van der Waals surface area contributed by atoms with E-state index in [4.69, 9.17) is 32.7 Å². The first-order valence-corrected chi connectivity index (χ1v) is 10.4. The van der Waals surface area contributed by atoms with E-state index in [1.165, 1.54) is 12.7 Å². The molecular weight excluding hydrogens is 441 g/mol. The number of aliphatic hydroxyl groups excluding tert-OH is 1. The van der Waals surface area contributed by atoms with Crippen LogP contribution in [0.5, 0.6) is 11.5 Å². The van der Waals surface area contributed by atoms with E-state index in [1.807, 2.05) is 12.1 Å². The van der Waals surface area contributed by atoms with Crippen molar-refractivity contribution in [1.82, 2.24) is 14.8 Å². The minimum absolute atomic E-state index is 0.0691. The van der Waals surface area contributed by atoms with Gasteiger partial charge in [-0.15, -0.1) is 0 Å². The summed E-state index contributed by atoms with van der Waals surface area (Å²) >= 11 is 12.6. The summed E-state index contributed by atoms with van der Waals surface area (Å²) in [5.74, 6) is 0.651. The number of aromatic nitrogens is 3. The lowest BCUT2D eigenvalue weighted by atomic mass is 9.77. The van der Waals surface area contributed by atoms with Gasteiger partial charge in [-0.3, -0.25) is 4.79 Å². The monoisotopic (exact) mass is 457 g/mol. The first kappa shape index (κ1) is 19.9. The van der Waals surface area contributed by atoms with E-state index < -0.39 is 6.04 Å². The Kier molecular flexibility index (Phi) is 5.08. The van der Waals surface area contributed by atoms with Crippen LogP contribution >= 0.6 is 23.2 Å². The minimum Gasteiger partial charge on any atom is -0.510 e. The second kappa shape index (κ2) is 7.90. The molecule has 7 nitrogen and oxygen atoms in total. The molecule has 2 aromatic carbocycles. The van der Waals surface area contributed by atoms with Crippen molar-refractivity contribution in [2.45, 2.75) is 24.8 Å². The maximum atomic E-state index is 13.2. The molecule has 31 heavy (non-hydrogen) atoms. The van der Waals surface area contributed by atoms with Crippen LogP contribution < -0.4 is 9.47 Å².